The Labute approximate surface area is 186 Å². The highest BCUT2D eigenvalue weighted by atomic mass is 32.2. The van der Waals surface area contributed by atoms with Crippen molar-refractivity contribution in [2.45, 2.75) is 43.9 Å². The molecular weight excluding hydrogens is 414 g/mol. The molecule has 2 heterocycles. The monoisotopic (exact) mass is 441 g/mol. The number of allylic oxidation sites excluding steroid dienone is 1. The minimum Gasteiger partial charge on any atom is -0.449 e. The smallest absolute Gasteiger partial charge is 0.449 e. The predicted octanol–water partition coefficient (Wildman–Crippen LogP) is 6.52. The Morgan fingerprint density at radius 1 is 1.17 bits per heavy atom. The van der Waals surface area contributed by atoms with E-state index in [0.29, 0.717) is 16.9 Å². The number of benzene rings is 1. The van der Waals surface area contributed by atoms with Crippen LogP contribution in [-0.4, -0.2) is 28.0 Å². The van der Waals surface area contributed by atoms with Crippen LogP contribution in [0.3, 0.4) is 0 Å². The Bertz CT molecular complexity index is 892. The number of thioether (sulfide) groups is 1. The summed E-state index contributed by atoms with van der Waals surface area (Å²) in [6, 6.07) is 14.9. The number of carbonyl (C=O) groups is 1. The van der Waals surface area contributed by atoms with E-state index in [2.05, 4.69) is 52.7 Å². The maximum absolute atomic E-state index is 11.3. The van der Waals surface area contributed by atoms with Crippen molar-refractivity contribution in [1.29, 1.82) is 0 Å². The lowest BCUT2D eigenvalue weighted by Gasteiger charge is -2.36. The fourth-order valence-electron chi connectivity index (χ4n) is 4.25. The number of hydrogen-bond acceptors (Lipinski definition) is 5. The fourth-order valence-corrected chi connectivity index (χ4v) is 6.48. The van der Waals surface area contributed by atoms with Crippen molar-refractivity contribution in [3.8, 4) is 0 Å². The standard InChI is InChI=1S/C24H27NO3S2/c26-24(27)28-21-12-6-14-25(17-20-11-7-15-29-20)23(21)30-22-13-5-4-10-19(22)16-18-8-2-1-3-9-18/h1-3,6-9,11-12,15,19,22H,4-5,10,13-14,16-17H2,(H,26,27). The van der Waals surface area contributed by atoms with Crippen LogP contribution in [0.5, 0.6) is 0 Å². The minimum atomic E-state index is -1.25. The Kier molecular flexibility index (Phi) is 7.18. The van der Waals surface area contributed by atoms with Crippen LogP contribution in [-0.2, 0) is 17.7 Å². The van der Waals surface area contributed by atoms with Crippen LogP contribution in [0.1, 0.15) is 36.1 Å². The van der Waals surface area contributed by atoms with E-state index in [1.165, 1.54) is 29.7 Å². The zero-order valence-electron chi connectivity index (χ0n) is 16.9. The summed E-state index contributed by atoms with van der Waals surface area (Å²) < 4.78 is 5.20. The van der Waals surface area contributed by atoms with Crippen LogP contribution in [0.15, 0.2) is 70.8 Å². The van der Waals surface area contributed by atoms with Gasteiger partial charge in [0.25, 0.3) is 0 Å². The van der Waals surface area contributed by atoms with Crippen molar-refractivity contribution in [3.05, 3.63) is 81.2 Å². The Morgan fingerprint density at radius 3 is 2.77 bits per heavy atom. The van der Waals surface area contributed by atoms with Gasteiger partial charge in [0.2, 0.25) is 0 Å². The fraction of sp³-hybridized carbons (Fsp3) is 0.375. The van der Waals surface area contributed by atoms with Crippen molar-refractivity contribution >= 4 is 29.3 Å². The molecule has 1 fully saturated rings. The molecule has 1 aliphatic carbocycles. The normalized spacial score (nSPS) is 21.7. The molecule has 4 rings (SSSR count). The Morgan fingerprint density at radius 2 is 2.00 bits per heavy atom. The molecule has 1 aromatic heterocycles. The average Bonchev–Trinajstić information content (AvgIpc) is 3.25. The number of thiophene rings is 1. The van der Waals surface area contributed by atoms with Gasteiger partial charge in [-0.2, -0.15) is 0 Å². The molecule has 158 valence electrons. The molecule has 2 aromatic rings. The molecule has 4 nitrogen and oxygen atoms in total. The molecule has 0 saturated heterocycles. The average molecular weight is 442 g/mol. The zero-order valence-corrected chi connectivity index (χ0v) is 18.5. The molecule has 0 spiro atoms. The second-order valence-electron chi connectivity index (χ2n) is 7.79. The van der Waals surface area contributed by atoms with Gasteiger partial charge in [0.1, 0.15) is 5.03 Å². The van der Waals surface area contributed by atoms with E-state index in [-0.39, 0.29) is 0 Å². The van der Waals surface area contributed by atoms with Crippen LogP contribution in [0.2, 0.25) is 0 Å². The summed E-state index contributed by atoms with van der Waals surface area (Å²) in [5, 5.41) is 12.8. The van der Waals surface area contributed by atoms with E-state index in [1.54, 1.807) is 11.3 Å². The summed E-state index contributed by atoms with van der Waals surface area (Å²) in [5.74, 6) is 1.04. The van der Waals surface area contributed by atoms with Crippen molar-refractivity contribution in [3.63, 3.8) is 0 Å². The highest BCUT2D eigenvalue weighted by Crippen LogP contribution is 2.42. The minimum absolute atomic E-state index is 0.457. The first-order chi connectivity index (χ1) is 14.7. The zero-order chi connectivity index (χ0) is 20.8. The van der Waals surface area contributed by atoms with E-state index in [4.69, 9.17) is 4.74 Å². The highest BCUT2D eigenvalue weighted by molar-refractivity contribution is 8.03. The van der Waals surface area contributed by atoms with Crippen LogP contribution >= 0.6 is 23.1 Å². The molecule has 2 atom stereocenters. The molecule has 0 amide bonds. The summed E-state index contributed by atoms with van der Waals surface area (Å²) in [5.41, 5.74) is 1.38. The van der Waals surface area contributed by atoms with Crippen molar-refractivity contribution in [2.24, 2.45) is 5.92 Å². The molecule has 1 saturated carbocycles. The Hall–Kier alpha value is -2.18. The number of carboxylic acid groups (broad SMARTS) is 1. The van der Waals surface area contributed by atoms with Crippen LogP contribution in [0.25, 0.3) is 0 Å². The quantitative estimate of drug-likeness (QED) is 0.496. The molecule has 6 heteroatoms. The van der Waals surface area contributed by atoms with E-state index < -0.39 is 6.16 Å². The topological polar surface area (TPSA) is 49.8 Å². The maximum atomic E-state index is 11.3. The number of nitrogens with zero attached hydrogens (tertiary/aromatic N) is 1. The molecule has 1 aliphatic heterocycles. The Balaban J connectivity index is 1.56. The van der Waals surface area contributed by atoms with Gasteiger partial charge in [-0.05, 0) is 48.3 Å². The van der Waals surface area contributed by atoms with E-state index in [9.17, 15) is 9.90 Å². The lowest BCUT2D eigenvalue weighted by Crippen LogP contribution is -2.30. The van der Waals surface area contributed by atoms with Crippen molar-refractivity contribution in [2.75, 3.05) is 6.54 Å². The number of ether oxygens (including phenoxy) is 1. The van der Waals surface area contributed by atoms with Crippen LogP contribution in [0, 0.1) is 5.92 Å². The van der Waals surface area contributed by atoms with E-state index in [1.807, 2.05) is 23.9 Å². The molecule has 2 unspecified atom stereocenters. The van der Waals surface area contributed by atoms with Gasteiger partial charge in [-0.15, -0.1) is 23.1 Å². The van der Waals surface area contributed by atoms with Crippen molar-refractivity contribution in [1.82, 2.24) is 4.90 Å². The van der Waals surface area contributed by atoms with Crippen LogP contribution < -0.4 is 0 Å². The lowest BCUT2D eigenvalue weighted by atomic mass is 9.84. The third kappa shape index (κ3) is 5.49. The highest BCUT2D eigenvalue weighted by Gasteiger charge is 2.31. The van der Waals surface area contributed by atoms with Gasteiger partial charge >= 0.3 is 6.16 Å². The second kappa shape index (κ2) is 10.2. The van der Waals surface area contributed by atoms with Crippen molar-refractivity contribution < 1.29 is 14.6 Å². The SMILES string of the molecule is O=C(O)OC1=C(SC2CCCCC2Cc2ccccc2)N(Cc2cccs2)CC=C1. The van der Waals surface area contributed by atoms with E-state index >= 15 is 0 Å². The number of rotatable bonds is 7. The first-order valence-corrected chi connectivity index (χ1v) is 12.2. The third-order valence-corrected chi connectivity index (χ3v) is 8.13. The first kappa shape index (κ1) is 21.1. The molecular formula is C24H27NO3S2. The third-order valence-electron chi connectivity index (χ3n) is 5.66. The molecule has 30 heavy (non-hydrogen) atoms. The van der Waals surface area contributed by atoms with Gasteiger partial charge in [0.05, 0.1) is 6.54 Å². The summed E-state index contributed by atoms with van der Waals surface area (Å²) in [6.45, 7) is 1.54. The first-order valence-electron chi connectivity index (χ1n) is 10.5. The maximum Gasteiger partial charge on any atom is 0.511 e. The summed E-state index contributed by atoms with van der Waals surface area (Å²) >= 11 is 3.55. The summed E-state index contributed by atoms with van der Waals surface area (Å²) in [6.07, 6.45) is 8.49. The largest absolute Gasteiger partial charge is 0.511 e. The summed E-state index contributed by atoms with van der Waals surface area (Å²) in [4.78, 5) is 14.8. The molecule has 1 aromatic carbocycles. The van der Waals surface area contributed by atoms with Gasteiger partial charge in [0, 0.05) is 16.7 Å². The van der Waals surface area contributed by atoms with Gasteiger partial charge in [-0.25, -0.2) is 4.79 Å². The van der Waals surface area contributed by atoms with Gasteiger partial charge in [0.15, 0.2) is 5.76 Å². The predicted molar refractivity (Wildman–Crippen MR) is 123 cm³/mol. The molecule has 0 radical (unpaired) electrons. The second-order valence-corrected chi connectivity index (χ2v) is 10.1. The molecule has 1 N–H and O–H groups in total. The van der Waals surface area contributed by atoms with Gasteiger partial charge < -0.3 is 14.7 Å². The van der Waals surface area contributed by atoms with Gasteiger partial charge in [-0.3, -0.25) is 0 Å². The van der Waals surface area contributed by atoms with E-state index in [0.717, 1.165) is 31.0 Å². The molecule has 2 aliphatic rings. The summed E-state index contributed by atoms with van der Waals surface area (Å²) in [7, 11) is 0. The molecule has 0 bridgehead atoms. The lowest BCUT2D eigenvalue weighted by molar-refractivity contribution is 0.119. The van der Waals surface area contributed by atoms with Gasteiger partial charge in [-0.1, -0.05) is 55.3 Å². The number of hydrogen-bond donors (Lipinski definition) is 1. The van der Waals surface area contributed by atoms with Crippen LogP contribution in [0.4, 0.5) is 4.79 Å².